The van der Waals surface area contributed by atoms with Crippen molar-refractivity contribution in [3.05, 3.63) is 45.1 Å². The Morgan fingerprint density at radius 2 is 2.12 bits per heavy atom. The zero-order valence-corrected chi connectivity index (χ0v) is 13.9. The standard InChI is InChI=1S/C16H15F3N4O3/c1-7-3-4-8-10(7)12(24)11(14(26)23(8)2)13(25)22-15-20-6-5-9(21-15)16(17,18)19/h5-7,24H,3-4H2,1-2H3,(H,20,21,22,25). The predicted octanol–water partition coefficient (Wildman–Crippen LogP) is 2.20. The summed E-state index contributed by atoms with van der Waals surface area (Å²) in [7, 11) is 1.48. The minimum atomic E-state index is -4.70. The molecule has 26 heavy (non-hydrogen) atoms. The smallest absolute Gasteiger partial charge is 0.433 e. The van der Waals surface area contributed by atoms with Gasteiger partial charge >= 0.3 is 6.18 Å². The number of carbonyl (C=O) groups excluding carboxylic acids is 1. The number of hydrogen-bond acceptors (Lipinski definition) is 5. The summed E-state index contributed by atoms with van der Waals surface area (Å²) in [5.41, 5.74) is -1.36. The van der Waals surface area contributed by atoms with E-state index in [2.05, 4.69) is 15.3 Å². The fraction of sp³-hybridized carbons (Fsp3) is 0.375. The SMILES string of the molecule is CC1CCc2c1c(O)c(C(=O)Nc1nccc(C(F)(F)F)n1)c(=O)n2C. The van der Waals surface area contributed by atoms with Crippen LogP contribution in [0.1, 0.15) is 46.6 Å². The number of carbonyl (C=O) groups is 1. The Bertz CT molecular complexity index is 953. The number of pyridine rings is 1. The van der Waals surface area contributed by atoms with Gasteiger partial charge in [0.1, 0.15) is 17.0 Å². The summed E-state index contributed by atoms with van der Waals surface area (Å²) in [6, 6.07) is 0.656. The third-order valence-electron chi connectivity index (χ3n) is 4.43. The average Bonchev–Trinajstić information content (AvgIpc) is 2.94. The number of aromatic hydroxyl groups is 1. The van der Waals surface area contributed by atoms with E-state index in [1.54, 1.807) is 0 Å². The number of alkyl halides is 3. The Morgan fingerprint density at radius 3 is 2.77 bits per heavy atom. The van der Waals surface area contributed by atoms with Gasteiger partial charge in [-0.1, -0.05) is 6.92 Å². The molecule has 1 amide bonds. The van der Waals surface area contributed by atoms with E-state index in [1.165, 1.54) is 11.6 Å². The molecule has 1 atom stereocenters. The van der Waals surface area contributed by atoms with Gasteiger partial charge in [0, 0.05) is 24.5 Å². The lowest BCUT2D eigenvalue weighted by Gasteiger charge is -2.15. The molecule has 1 unspecified atom stereocenters. The van der Waals surface area contributed by atoms with Crippen molar-refractivity contribution >= 4 is 11.9 Å². The van der Waals surface area contributed by atoms with Crippen molar-refractivity contribution in [1.29, 1.82) is 0 Å². The van der Waals surface area contributed by atoms with Crippen molar-refractivity contribution in [2.45, 2.75) is 31.9 Å². The Labute approximate surface area is 145 Å². The number of fused-ring (bicyclic) bond motifs is 1. The van der Waals surface area contributed by atoms with Crippen LogP contribution in [0.25, 0.3) is 0 Å². The van der Waals surface area contributed by atoms with Crippen LogP contribution >= 0.6 is 0 Å². The van der Waals surface area contributed by atoms with Crippen molar-refractivity contribution in [1.82, 2.24) is 14.5 Å². The number of rotatable bonds is 2. The largest absolute Gasteiger partial charge is 0.507 e. The molecule has 10 heteroatoms. The third kappa shape index (κ3) is 2.91. The lowest BCUT2D eigenvalue weighted by atomic mass is 10.0. The minimum absolute atomic E-state index is 0.0480. The average molecular weight is 368 g/mol. The molecule has 0 saturated carbocycles. The molecule has 138 valence electrons. The fourth-order valence-electron chi connectivity index (χ4n) is 3.11. The van der Waals surface area contributed by atoms with Crippen LogP contribution in [0.15, 0.2) is 17.1 Å². The zero-order chi connectivity index (χ0) is 19.2. The molecule has 0 aromatic carbocycles. The van der Waals surface area contributed by atoms with E-state index in [1.807, 2.05) is 6.92 Å². The van der Waals surface area contributed by atoms with Gasteiger partial charge in [0.15, 0.2) is 0 Å². The number of halogens is 3. The van der Waals surface area contributed by atoms with E-state index in [0.29, 0.717) is 23.7 Å². The first-order valence-corrected chi connectivity index (χ1v) is 7.77. The summed E-state index contributed by atoms with van der Waals surface area (Å²) in [4.78, 5) is 31.6. The first kappa shape index (κ1) is 17.9. The van der Waals surface area contributed by atoms with Crippen LogP contribution in [0.2, 0.25) is 0 Å². The molecule has 0 radical (unpaired) electrons. The van der Waals surface area contributed by atoms with Gasteiger partial charge in [-0.25, -0.2) is 9.97 Å². The number of nitrogens with zero attached hydrogens (tertiary/aromatic N) is 3. The van der Waals surface area contributed by atoms with Gasteiger partial charge in [-0.15, -0.1) is 0 Å². The van der Waals surface area contributed by atoms with Gasteiger partial charge < -0.3 is 9.67 Å². The molecule has 0 saturated heterocycles. The van der Waals surface area contributed by atoms with Crippen LogP contribution in [0.3, 0.4) is 0 Å². The van der Waals surface area contributed by atoms with Crippen molar-refractivity contribution in [2.75, 3.05) is 5.32 Å². The molecule has 7 nitrogen and oxygen atoms in total. The highest BCUT2D eigenvalue weighted by molar-refractivity contribution is 6.05. The molecule has 0 spiro atoms. The van der Waals surface area contributed by atoms with Crippen molar-refractivity contribution in [3.8, 4) is 5.75 Å². The molecule has 1 aliphatic rings. The zero-order valence-electron chi connectivity index (χ0n) is 13.9. The highest BCUT2D eigenvalue weighted by Crippen LogP contribution is 2.39. The second-order valence-electron chi connectivity index (χ2n) is 6.11. The topological polar surface area (TPSA) is 97.1 Å². The lowest BCUT2D eigenvalue weighted by molar-refractivity contribution is -0.141. The van der Waals surface area contributed by atoms with E-state index in [9.17, 15) is 27.9 Å². The first-order chi connectivity index (χ1) is 12.1. The first-order valence-electron chi connectivity index (χ1n) is 7.77. The van der Waals surface area contributed by atoms with Crippen molar-refractivity contribution < 1.29 is 23.1 Å². The van der Waals surface area contributed by atoms with Crippen LogP contribution in [-0.2, 0) is 19.6 Å². The summed E-state index contributed by atoms with van der Waals surface area (Å²) in [6.07, 6.45) is -2.55. The Morgan fingerprint density at radius 1 is 1.42 bits per heavy atom. The van der Waals surface area contributed by atoms with Crippen LogP contribution in [0.5, 0.6) is 5.75 Å². The van der Waals surface area contributed by atoms with Gasteiger partial charge in [-0.2, -0.15) is 13.2 Å². The second kappa shape index (κ2) is 6.11. The molecule has 3 rings (SSSR count). The summed E-state index contributed by atoms with van der Waals surface area (Å²) in [5, 5.41) is 12.5. The van der Waals surface area contributed by atoms with Gasteiger partial charge in [-0.3, -0.25) is 14.9 Å². The Kier molecular flexibility index (Phi) is 4.21. The van der Waals surface area contributed by atoms with E-state index < -0.39 is 40.6 Å². The van der Waals surface area contributed by atoms with Crippen molar-refractivity contribution in [3.63, 3.8) is 0 Å². The Balaban J connectivity index is 2.01. The maximum atomic E-state index is 12.7. The molecule has 2 heterocycles. The number of amides is 1. The van der Waals surface area contributed by atoms with Crippen LogP contribution in [-0.4, -0.2) is 25.5 Å². The predicted molar refractivity (Wildman–Crippen MR) is 85.1 cm³/mol. The van der Waals surface area contributed by atoms with E-state index in [4.69, 9.17) is 0 Å². The number of aromatic nitrogens is 3. The second-order valence-corrected chi connectivity index (χ2v) is 6.11. The van der Waals surface area contributed by atoms with Crippen molar-refractivity contribution in [2.24, 2.45) is 7.05 Å². The molecule has 2 aromatic heterocycles. The molecular formula is C16H15F3N4O3. The van der Waals surface area contributed by atoms with Gasteiger partial charge in [0.05, 0.1) is 0 Å². The van der Waals surface area contributed by atoms with Crippen LogP contribution < -0.4 is 10.9 Å². The maximum Gasteiger partial charge on any atom is 0.433 e. The number of hydrogen-bond donors (Lipinski definition) is 2. The minimum Gasteiger partial charge on any atom is -0.507 e. The van der Waals surface area contributed by atoms with Crippen LogP contribution in [0, 0.1) is 0 Å². The normalized spacial score (nSPS) is 16.4. The Hall–Kier alpha value is -2.91. The maximum absolute atomic E-state index is 12.7. The lowest BCUT2D eigenvalue weighted by Crippen LogP contribution is -2.30. The molecule has 0 fully saturated rings. The molecule has 0 bridgehead atoms. The molecule has 2 aromatic rings. The number of nitrogens with one attached hydrogen (secondary N) is 1. The summed E-state index contributed by atoms with van der Waals surface area (Å²) >= 11 is 0. The monoisotopic (exact) mass is 368 g/mol. The fourth-order valence-corrected chi connectivity index (χ4v) is 3.11. The third-order valence-corrected chi connectivity index (χ3v) is 4.43. The quantitative estimate of drug-likeness (QED) is 0.847. The number of anilines is 1. The van der Waals surface area contributed by atoms with Crippen LogP contribution in [0.4, 0.5) is 19.1 Å². The van der Waals surface area contributed by atoms with E-state index in [-0.39, 0.29) is 5.92 Å². The van der Waals surface area contributed by atoms with Gasteiger partial charge in [0.2, 0.25) is 5.95 Å². The summed E-state index contributed by atoms with van der Waals surface area (Å²) < 4.78 is 39.4. The highest BCUT2D eigenvalue weighted by Gasteiger charge is 2.34. The molecule has 1 aliphatic carbocycles. The van der Waals surface area contributed by atoms with Gasteiger partial charge in [-0.05, 0) is 24.8 Å². The molecule has 0 aliphatic heterocycles. The summed E-state index contributed by atoms with van der Waals surface area (Å²) in [6.45, 7) is 1.85. The molecular weight excluding hydrogens is 353 g/mol. The van der Waals surface area contributed by atoms with E-state index in [0.717, 1.165) is 12.6 Å². The highest BCUT2D eigenvalue weighted by atomic mass is 19.4. The molecule has 2 N–H and O–H groups in total. The summed E-state index contributed by atoms with van der Waals surface area (Å²) in [5.74, 6) is -2.17. The van der Waals surface area contributed by atoms with E-state index >= 15 is 0 Å². The van der Waals surface area contributed by atoms with Gasteiger partial charge in [0.25, 0.3) is 11.5 Å².